The Bertz CT molecular complexity index is 1200. The van der Waals surface area contributed by atoms with Gasteiger partial charge in [-0.25, -0.2) is 0 Å². The monoisotopic (exact) mass is 535 g/mol. The van der Waals surface area contributed by atoms with Crippen LogP contribution in [0.5, 0.6) is 5.75 Å². The zero-order valence-corrected chi connectivity index (χ0v) is 23.4. The number of hydrogen-bond acceptors (Lipinski definition) is 3. The topological polar surface area (TPSA) is 21.7 Å². The summed E-state index contributed by atoms with van der Waals surface area (Å²) in [6, 6.07) is 41.0. The summed E-state index contributed by atoms with van der Waals surface area (Å²) in [5, 5.41) is 0. The second kappa shape index (κ2) is 17.1. The van der Waals surface area contributed by atoms with Gasteiger partial charge in [0.25, 0.3) is 0 Å². The van der Waals surface area contributed by atoms with Crippen molar-refractivity contribution in [2.24, 2.45) is 0 Å². The van der Waals surface area contributed by atoms with Gasteiger partial charge in [0.05, 0.1) is 13.2 Å². The highest BCUT2D eigenvalue weighted by molar-refractivity contribution is 5.83. The lowest BCUT2D eigenvalue weighted by atomic mass is 9.87. The molecule has 1 fully saturated rings. The molecule has 0 radical (unpaired) electrons. The van der Waals surface area contributed by atoms with Crippen molar-refractivity contribution in [2.45, 2.75) is 34.1 Å². The second-order valence-electron chi connectivity index (χ2n) is 9.50. The molecule has 3 nitrogen and oxygen atoms in total. The molecule has 5 rings (SSSR count). The zero-order valence-electron chi connectivity index (χ0n) is 23.4. The van der Waals surface area contributed by atoms with Crippen LogP contribution in [0.4, 0.5) is 0 Å². The van der Waals surface area contributed by atoms with Crippen LogP contribution in [0.25, 0.3) is 5.57 Å². The second-order valence-corrected chi connectivity index (χ2v) is 9.50. The SMILES string of the molecule is C.CC.c1ccc(CC(Cc2ccccc2)=C(c2ccccc2)c2ccc(OCCN3CCOCC3)cc2)cc1. The van der Waals surface area contributed by atoms with Crippen LogP contribution in [-0.4, -0.2) is 44.4 Å². The van der Waals surface area contributed by atoms with Gasteiger partial charge in [0.1, 0.15) is 12.4 Å². The zero-order chi connectivity index (χ0) is 27.1. The summed E-state index contributed by atoms with van der Waals surface area (Å²) < 4.78 is 11.5. The third-order valence-electron chi connectivity index (χ3n) is 6.86. The quantitative estimate of drug-likeness (QED) is 0.204. The van der Waals surface area contributed by atoms with E-state index in [9.17, 15) is 0 Å². The van der Waals surface area contributed by atoms with Crippen LogP contribution in [-0.2, 0) is 17.6 Å². The number of morpholine rings is 1. The molecule has 4 aromatic carbocycles. The van der Waals surface area contributed by atoms with Gasteiger partial charge in [-0.3, -0.25) is 4.90 Å². The van der Waals surface area contributed by atoms with Gasteiger partial charge in [0, 0.05) is 19.6 Å². The highest BCUT2D eigenvalue weighted by atomic mass is 16.5. The Hall–Kier alpha value is -3.66. The summed E-state index contributed by atoms with van der Waals surface area (Å²) in [4.78, 5) is 2.40. The van der Waals surface area contributed by atoms with Crippen molar-refractivity contribution in [3.05, 3.63) is 143 Å². The first-order chi connectivity index (χ1) is 19.3. The fourth-order valence-corrected chi connectivity index (χ4v) is 4.94. The molecule has 1 aliphatic rings. The van der Waals surface area contributed by atoms with Crippen LogP contribution in [0.1, 0.15) is 43.5 Å². The molecule has 1 aliphatic heterocycles. The molecule has 3 heteroatoms. The Labute approximate surface area is 242 Å². The minimum absolute atomic E-state index is 0. The van der Waals surface area contributed by atoms with Gasteiger partial charge in [0.2, 0.25) is 0 Å². The summed E-state index contributed by atoms with van der Waals surface area (Å²) >= 11 is 0. The van der Waals surface area contributed by atoms with Crippen molar-refractivity contribution in [3.8, 4) is 5.75 Å². The molecule has 210 valence electrons. The summed E-state index contributed by atoms with van der Waals surface area (Å²) in [6.45, 7) is 9.22. The molecule has 0 spiro atoms. The van der Waals surface area contributed by atoms with Gasteiger partial charge in [-0.2, -0.15) is 0 Å². The molecular weight excluding hydrogens is 490 g/mol. The van der Waals surface area contributed by atoms with Crippen LogP contribution < -0.4 is 4.74 Å². The first kappa shape index (κ1) is 30.9. The highest BCUT2D eigenvalue weighted by Gasteiger charge is 2.15. The largest absolute Gasteiger partial charge is 0.492 e. The smallest absolute Gasteiger partial charge is 0.119 e. The van der Waals surface area contributed by atoms with E-state index in [0.29, 0.717) is 6.61 Å². The maximum Gasteiger partial charge on any atom is 0.119 e. The molecule has 0 bridgehead atoms. The Morgan fingerprint density at radius 1 is 0.650 bits per heavy atom. The van der Waals surface area contributed by atoms with Crippen molar-refractivity contribution < 1.29 is 9.47 Å². The van der Waals surface area contributed by atoms with Crippen LogP contribution in [0.2, 0.25) is 0 Å². The molecular formula is C37H45NO2. The molecule has 0 amide bonds. The van der Waals surface area contributed by atoms with E-state index >= 15 is 0 Å². The standard InChI is InChI=1S/C34H35NO2.C2H6.CH4/c1-4-10-28(11-5-1)26-32(27-29-12-6-2-7-13-29)34(30-14-8-3-9-15-30)31-16-18-33(19-17-31)37-25-22-35-20-23-36-24-21-35;1-2;/h1-19H,20-27H2;1-2H3;1H4. The van der Waals surface area contributed by atoms with Crippen LogP contribution in [0.3, 0.4) is 0 Å². The van der Waals surface area contributed by atoms with Crippen molar-refractivity contribution >= 4 is 5.57 Å². The lowest BCUT2D eigenvalue weighted by Crippen LogP contribution is -2.38. The van der Waals surface area contributed by atoms with E-state index in [2.05, 4.69) is 120 Å². The third kappa shape index (κ3) is 9.22. The maximum absolute atomic E-state index is 6.10. The van der Waals surface area contributed by atoms with Gasteiger partial charge in [-0.05, 0) is 52.8 Å². The predicted octanol–water partition coefficient (Wildman–Crippen LogP) is 8.35. The Kier molecular flexibility index (Phi) is 13.2. The van der Waals surface area contributed by atoms with E-state index in [1.54, 1.807) is 0 Å². The van der Waals surface area contributed by atoms with Gasteiger partial charge in [0.15, 0.2) is 0 Å². The van der Waals surface area contributed by atoms with Gasteiger partial charge in [-0.15, -0.1) is 0 Å². The highest BCUT2D eigenvalue weighted by Crippen LogP contribution is 2.32. The number of ether oxygens (including phenoxy) is 2. The van der Waals surface area contributed by atoms with E-state index < -0.39 is 0 Å². The fraction of sp³-hybridized carbons (Fsp3) is 0.297. The van der Waals surface area contributed by atoms with Crippen molar-refractivity contribution in [2.75, 3.05) is 39.5 Å². The van der Waals surface area contributed by atoms with Gasteiger partial charge >= 0.3 is 0 Å². The lowest BCUT2D eigenvalue weighted by molar-refractivity contribution is 0.0322. The molecule has 0 atom stereocenters. The number of nitrogens with zero attached hydrogens (tertiary/aromatic N) is 1. The van der Waals surface area contributed by atoms with E-state index in [1.165, 1.54) is 33.4 Å². The molecule has 0 unspecified atom stereocenters. The number of allylic oxidation sites excluding steroid dienone is 1. The Balaban J connectivity index is 0.00000144. The minimum Gasteiger partial charge on any atom is -0.492 e. The van der Waals surface area contributed by atoms with Gasteiger partial charge < -0.3 is 9.47 Å². The predicted molar refractivity (Wildman–Crippen MR) is 170 cm³/mol. The van der Waals surface area contributed by atoms with Crippen LogP contribution in [0.15, 0.2) is 121 Å². The first-order valence-electron chi connectivity index (χ1n) is 14.2. The molecule has 1 saturated heterocycles. The van der Waals surface area contributed by atoms with Crippen molar-refractivity contribution in [3.63, 3.8) is 0 Å². The number of rotatable bonds is 10. The Morgan fingerprint density at radius 2 is 1.12 bits per heavy atom. The molecule has 0 aromatic heterocycles. The maximum atomic E-state index is 6.10. The summed E-state index contributed by atoms with van der Waals surface area (Å²) in [5.41, 5.74) is 7.81. The molecule has 0 N–H and O–H groups in total. The van der Waals surface area contributed by atoms with E-state index in [0.717, 1.165) is 51.4 Å². The molecule has 0 saturated carbocycles. The molecule has 0 aliphatic carbocycles. The molecule has 1 heterocycles. The Morgan fingerprint density at radius 3 is 1.65 bits per heavy atom. The van der Waals surface area contributed by atoms with E-state index in [4.69, 9.17) is 9.47 Å². The normalized spacial score (nSPS) is 12.8. The van der Waals surface area contributed by atoms with Crippen LogP contribution >= 0.6 is 0 Å². The average Bonchev–Trinajstić information content (AvgIpc) is 3.01. The van der Waals surface area contributed by atoms with Crippen LogP contribution in [0, 0.1) is 0 Å². The van der Waals surface area contributed by atoms with Gasteiger partial charge in [-0.1, -0.05) is 130 Å². The summed E-state index contributed by atoms with van der Waals surface area (Å²) in [6.07, 6.45) is 1.80. The molecule has 40 heavy (non-hydrogen) atoms. The molecule has 4 aromatic rings. The first-order valence-corrected chi connectivity index (χ1v) is 14.2. The van der Waals surface area contributed by atoms with E-state index in [-0.39, 0.29) is 7.43 Å². The van der Waals surface area contributed by atoms with Crippen molar-refractivity contribution in [1.29, 1.82) is 0 Å². The minimum atomic E-state index is 0. The van der Waals surface area contributed by atoms with E-state index in [1.807, 2.05) is 13.8 Å². The lowest BCUT2D eigenvalue weighted by Gasteiger charge is -2.26. The fourth-order valence-electron chi connectivity index (χ4n) is 4.94. The number of benzene rings is 4. The van der Waals surface area contributed by atoms with Crippen molar-refractivity contribution in [1.82, 2.24) is 4.90 Å². The average molecular weight is 536 g/mol. The number of hydrogen-bond donors (Lipinski definition) is 0. The summed E-state index contributed by atoms with van der Waals surface area (Å²) in [5.74, 6) is 0.914. The summed E-state index contributed by atoms with van der Waals surface area (Å²) in [7, 11) is 0. The third-order valence-corrected chi connectivity index (χ3v) is 6.86.